The van der Waals surface area contributed by atoms with E-state index in [2.05, 4.69) is 37.6 Å². The van der Waals surface area contributed by atoms with Crippen molar-refractivity contribution in [1.29, 1.82) is 0 Å². The molecule has 0 radical (unpaired) electrons. The fourth-order valence-electron chi connectivity index (χ4n) is 1.66. The zero-order valence-corrected chi connectivity index (χ0v) is 12.1. The predicted octanol–water partition coefficient (Wildman–Crippen LogP) is 1.49. The molecule has 2 heterocycles. The molecule has 0 amide bonds. The van der Waals surface area contributed by atoms with Gasteiger partial charge in [0.2, 0.25) is 11.9 Å². The zero-order chi connectivity index (χ0) is 14.5. The lowest BCUT2D eigenvalue weighted by atomic mass is 10.4. The first-order valence-corrected chi connectivity index (χ1v) is 6.43. The summed E-state index contributed by atoms with van der Waals surface area (Å²) in [5.41, 5.74) is 1.72. The van der Waals surface area contributed by atoms with Gasteiger partial charge in [-0.3, -0.25) is 4.68 Å². The third kappa shape index (κ3) is 3.34. The Morgan fingerprint density at radius 1 is 1.25 bits per heavy atom. The van der Waals surface area contributed by atoms with Gasteiger partial charge >= 0.3 is 6.01 Å². The molecule has 8 heteroatoms. The summed E-state index contributed by atoms with van der Waals surface area (Å²) in [6.07, 6.45) is 2.85. The fourth-order valence-corrected chi connectivity index (χ4v) is 1.66. The SMILES string of the molecule is CCCNc1nc(Nc2cn(C)nc2C)nc(OC)n1. The number of rotatable bonds is 6. The van der Waals surface area contributed by atoms with Gasteiger partial charge in [0, 0.05) is 19.8 Å². The zero-order valence-electron chi connectivity index (χ0n) is 12.1. The molecular weight excluding hydrogens is 258 g/mol. The quantitative estimate of drug-likeness (QED) is 0.826. The van der Waals surface area contributed by atoms with Crippen LogP contribution in [0.3, 0.4) is 0 Å². The molecule has 0 bridgehead atoms. The molecule has 2 N–H and O–H groups in total. The van der Waals surface area contributed by atoms with Gasteiger partial charge in [0.15, 0.2) is 0 Å². The van der Waals surface area contributed by atoms with Gasteiger partial charge in [0.1, 0.15) is 0 Å². The van der Waals surface area contributed by atoms with Crippen LogP contribution in [-0.2, 0) is 7.05 Å². The molecule has 8 nitrogen and oxygen atoms in total. The Morgan fingerprint density at radius 2 is 2.00 bits per heavy atom. The summed E-state index contributed by atoms with van der Waals surface area (Å²) in [6, 6.07) is 0.266. The van der Waals surface area contributed by atoms with Crippen molar-refractivity contribution >= 4 is 17.6 Å². The van der Waals surface area contributed by atoms with Gasteiger partial charge in [-0.1, -0.05) is 6.92 Å². The smallest absolute Gasteiger partial charge is 0.322 e. The van der Waals surface area contributed by atoms with Gasteiger partial charge in [-0.25, -0.2) is 0 Å². The highest BCUT2D eigenvalue weighted by Crippen LogP contribution is 2.18. The number of aryl methyl sites for hydroxylation is 2. The molecule has 0 fully saturated rings. The second-order valence-electron chi connectivity index (χ2n) is 4.32. The van der Waals surface area contributed by atoms with E-state index in [1.54, 1.807) is 4.68 Å². The molecule has 0 atom stereocenters. The second kappa shape index (κ2) is 6.18. The van der Waals surface area contributed by atoms with E-state index in [1.165, 1.54) is 7.11 Å². The van der Waals surface area contributed by atoms with Crippen LogP contribution in [0, 0.1) is 6.92 Å². The van der Waals surface area contributed by atoms with Crippen LogP contribution in [0.1, 0.15) is 19.0 Å². The lowest BCUT2D eigenvalue weighted by Gasteiger charge is -2.08. The van der Waals surface area contributed by atoms with E-state index in [4.69, 9.17) is 4.74 Å². The average Bonchev–Trinajstić information content (AvgIpc) is 2.74. The Hall–Kier alpha value is -2.38. The van der Waals surface area contributed by atoms with Crippen LogP contribution < -0.4 is 15.4 Å². The van der Waals surface area contributed by atoms with Gasteiger partial charge < -0.3 is 15.4 Å². The maximum atomic E-state index is 5.09. The number of anilines is 3. The molecule has 0 aliphatic rings. The number of nitrogens with one attached hydrogen (secondary N) is 2. The molecule has 108 valence electrons. The largest absolute Gasteiger partial charge is 0.467 e. The number of methoxy groups -OCH3 is 1. The Balaban J connectivity index is 2.23. The minimum absolute atomic E-state index is 0.266. The molecular formula is C12H19N7O. The summed E-state index contributed by atoms with van der Waals surface area (Å²) >= 11 is 0. The van der Waals surface area contributed by atoms with Gasteiger partial charge in [0.05, 0.1) is 18.5 Å². The summed E-state index contributed by atoms with van der Waals surface area (Å²) in [5.74, 6) is 0.911. The third-order valence-electron chi connectivity index (χ3n) is 2.59. The van der Waals surface area contributed by atoms with Crippen molar-refractivity contribution in [2.45, 2.75) is 20.3 Å². The summed E-state index contributed by atoms with van der Waals surface area (Å²) in [4.78, 5) is 12.6. The van der Waals surface area contributed by atoms with Crippen LogP contribution in [0.4, 0.5) is 17.6 Å². The molecule has 2 aromatic heterocycles. The Morgan fingerprint density at radius 3 is 2.60 bits per heavy atom. The normalized spacial score (nSPS) is 10.4. The van der Waals surface area contributed by atoms with Gasteiger partial charge in [-0.05, 0) is 13.3 Å². The lowest BCUT2D eigenvalue weighted by molar-refractivity contribution is 0.379. The average molecular weight is 277 g/mol. The van der Waals surface area contributed by atoms with Gasteiger partial charge in [0.25, 0.3) is 0 Å². The highest BCUT2D eigenvalue weighted by molar-refractivity contribution is 5.55. The molecule has 20 heavy (non-hydrogen) atoms. The summed E-state index contributed by atoms with van der Waals surface area (Å²) < 4.78 is 6.81. The van der Waals surface area contributed by atoms with Crippen molar-refractivity contribution in [2.24, 2.45) is 7.05 Å². The summed E-state index contributed by atoms with van der Waals surface area (Å²) in [5, 5.41) is 10.5. The van der Waals surface area contributed by atoms with E-state index in [9.17, 15) is 0 Å². The molecule has 0 aromatic carbocycles. The predicted molar refractivity (Wildman–Crippen MR) is 76.4 cm³/mol. The Labute approximate surface area is 117 Å². The van der Waals surface area contributed by atoms with Crippen molar-refractivity contribution in [3.63, 3.8) is 0 Å². The molecule has 0 spiro atoms. The van der Waals surface area contributed by atoms with E-state index in [1.807, 2.05) is 20.2 Å². The number of hydrogen-bond donors (Lipinski definition) is 2. The minimum atomic E-state index is 0.266. The minimum Gasteiger partial charge on any atom is -0.467 e. The van der Waals surface area contributed by atoms with Gasteiger partial charge in [-0.2, -0.15) is 20.1 Å². The van der Waals surface area contributed by atoms with Crippen molar-refractivity contribution in [1.82, 2.24) is 24.7 Å². The first kappa shape index (κ1) is 14.0. The highest BCUT2D eigenvalue weighted by atomic mass is 16.5. The molecule has 0 aliphatic heterocycles. The van der Waals surface area contributed by atoms with Crippen molar-refractivity contribution in [2.75, 3.05) is 24.3 Å². The number of aromatic nitrogens is 5. The highest BCUT2D eigenvalue weighted by Gasteiger charge is 2.09. The summed E-state index contributed by atoms with van der Waals surface area (Å²) in [7, 11) is 3.39. The van der Waals surface area contributed by atoms with E-state index in [-0.39, 0.29) is 6.01 Å². The van der Waals surface area contributed by atoms with Crippen LogP contribution in [-0.4, -0.2) is 38.4 Å². The molecule has 0 unspecified atom stereocenters. The van der Waals surface area contributed by atoms with E-state index < -0.39 is 0 Å². The number of nitrogens with zero attached hydrogens (tertiary/aromatic N) is 5. The Kier molecular flexibility index (Phi) is 4.34. The molecule has 0 aliphatic carbocycles. The summed E-state index contributed by atoms with van der Waals surface area (Å²) in [6.45, 7) is 4.78. The van der Waals surface area contributed by atoms with Gasteiger partial charge in [-0.15, -0.1) is 0 Å². The standard InChI is InChI=1S/C12H19N7O/c1-5-6-13-10-15-11(17-12(16-10)20-4)14-9-7-19(3)18-8(9)2/h7H,5-6H2,1-4H3,(H2,13,14,15,16,17). The lowest BCUT2D eigenvalue weighted by Crippen LogP contribution is -2.09. The first-order chi connectivity index (χ1) is 9.62. The molecule has 2 rings (SSSR count). The van der Waals surface area contributed by atoms with E-state index in [0.29, 0.717) is 11.9 Å². The number of ether oxygens (including phenoxy) is 1. The molecule has 0 saturated heterocycles. The maximum absolute atomic E-state index is 5.09. The van der Waals surface area contributed by atoms with Crippen LogP contribution in [0.25, 0.3) is 0 Å². The topological polar surface area (TPSA) is 89.8 Å². The van der Waals surface area contributed by atoms with Crippen LogP contribution in [0.15, 0.2) is 6.20 Å². The molecule has 0 saturated carbocycles. The van der Waals surface area contributed by atoms with Crippen LogP contribution in [0.2, 0.25) is 0 Å². The second-order valence-corrected chi connectivity index (χ2v) is 4.32. The number of hydrogen-bond acceptors (Lipinski definition) is 7. The Bertz CT molecular complexity index is 581. The van der Waals surface area contributed by atoms with E-state index >= 15 is 0 Å². The van der Waals surface area contributed by atoms with E-state index in [0.717, 1.165) is 24.3 Å². The third-order valence-corrected chi connectivity index (χ3v) is 2.59. The maximum Gasteiger partial charge on any atom is 0.322 e. The van der Waals surface area contributed by atoms with Crippen LogP contribution in [0.5, 0.6) is 6.01 Å². The fraction of sp³-hybridized carbons (Fsp3) is 0.500. The first-order valence-electron chi connectivity index (χ1n) is 6.43. The molecule has 2 aromatic rings. The van der Waals surface area contributed by atoms with Crippen LogP contribution >= 0.6 is 0 Å². The monoisotopic (exact) mass is 277 g/mol. The van der Waals surface area contributed by atoms with Crippen molar-refractivity contribution in [3.05, 3.63) is 11.9 Å². The van der Waals surface area contributed by atoms with Crippen molar-refractivity contribution in [3.8, 4) is 6.01 Å². The van der Waals surface area contributed by atoms with Crippen molar-refractivity contribution < 1.29 is 4.74 Å².